The third kappa shape index (κ3) is 13.6. The smallest absolute Gasteiger partial charge is 0.402 e. The van der Waals surface area contributed by atoms with Crippen molar-refractivity contribution in [1.29, 1.82) is 0 Å². The number of aliphatic hydroxyl groups is 2. The molecule has 2 amide bonds. The normalized spacial score (nSPS) is 8.11. The van der Waals surface area contributed by atoms with Crippen LogP contribution in [0.15, 0.2) is 18.3 Å². The van der Waals surface area contributed by atoms with Gasteiger partial charge in [-0.2, -0.15) is 0 Å². The molecule has 8 N–H and O–H groups in total. The minimum atomic E-state index is -1.33. The van der Waals surface area contributed by atoms with Crippen LogP contribution in [0.5, 0.6) is 0 Å². The number of hydrogen-bond donors (Lipinski definition) is 6. The molecule has 0 aliphatic heterocycles. The number of carbonyl (C=O) groups is 2. The summed E-state index contributed by atoms with van der Waals surface area (Å²) in [5.74, 6) is 0. The van der Waals surface area contributed by atoms with Crippen LogP contribution in [0.4, 0.5) is 9.59 Å². The zero-order valence-electron chi connectivity index (χ0n) is 9.35. The lowest BCUT2D eigenvalue weighted by molar-refractivity contribution is 0.204. The second-order valence-electron chi connectivity index (χ2n) is 2.60. The van der Waals surface area contributed by atoms with Gasteiger partial charge in [-0.25, -0.2) is 9.59 Å². The predicted molar refractivity (Wildman–Crippen MR) is 60.5 cm³/mol. The number of nitrogens with zero attached hydrogens (tertiary/aromatic N) is 1. The minimum absolute atomic E-state index is 0.0657. The van der Waals surface area contributed by atoms with Crippen LogP contribution in [0.25, 0.3) is 0 Å². The highest BCUT2D eigenvalue weighted by Gasteiger charge is 1.97. The van der Waals surface area contributed by atoms with E-state index in [0.717, 1.165) is 0 Å². The SMILES string of the molecule is NC(=O)O.NC(=O)O.OCc1cccnc1CO. The number of aromatic nitrogens is 1. The summed E-state index contributed by atoms with van der Waals surface area (Å²) in [6.07, 6.45) is -1.08. The van der Waals surface area contributed by atoms with Gasteiger partial charge in [-0.15, -0.1) is 0 Å². The number of amides is 2. The van der Waals surface area contributed by atoms with Crippen LogP contribution in [0.1, 0.15) is 11.3 Å². The highest BCUT2D eigenvalue weighted by atomic mass is 16.4. The largest absolute Gasteiger partial charge is 0.465 e. The second kappa shape index (κ2) is 11.1. The van der Waals surface area contributed by atoms with Crippen molar-refractivity contribution in [3.8, 4) is 0 Å². The molecule has 0 unspecified atom stereocenters. The number of primary amides is 2. The van der Waals surface area contributed by atoms with Gasteiger partial charge in [-0.1, -0.05) is 6.07 Å². The number of rotatable bonds is 2. The van der Waals surface area contributed by atoms with Gasteiger partial charge in [0.05, 0.1) is 18.9 Å². The monoisotopic (exact) mass is 261 g/mol. The number of aliphatic hydroxyl groups excluding tert-OH is 2. The summed E-state index contributed by atoms with van der Waals surface area (Å²) in [5, 5.41) is 31.8. The molecule has 9 heteroatoms. The van der Waals surface area contributed by atoms with E-state index < -0.39 is 12.2 Å². The van der Waals surface area contributed by atoms with E-state index in [1.165, 1.54) is 0 Å². The Hall–Kier alpha value is -2.39. The van der Waals surface area contributed by atoms with Crippen molar-refractivity contribution >= 4 is 12.2 Å². The van der Waals surface area contributed by atoms with Gasteiger partial charge in [0, 0.05) is 11.8 Å². The molecular weight excluding hydrogens is 246 g/mol. The molecule has 9 nitrogen and oxygen atoms in total. The summed E-state index contributed by atoms with van der Waals surface area (Å²) < 4.78 is 0. The molecule has 1 aromatic heterocycles. The molecule has 0 atom stereocenters. The maximum absolute atomic E-state index is 8.78. The Morgan fingerprint density at radius 3 is 1.83 bits per heavy atom. The van der Waals surface area contributed by atoms with Crippen molar-refractivity contribution in [3.05, 3.63) is 29.6 Å². The first-order valence-electron chi connectivity index (χ1n) is 4.46. The standard InChI is InChI=1S/C7H9NO2.2CH3NO2/c9-4-6-2-1-3-8-7(6)5-10;2*2-1(3)4/h1-3,9-10H,4-5H2;2*2H2,(H,3,4). The molecule has 0 saturated heterocycles. The third-order valence-corrected chi connectivity index (χ3v) is 1.30. The van der Waals surface area contributed by atoms with E-state index in [2.05, 4.69) is 16.5 Å². The highest BCUT2D eigenvalue weighted by molar-refractivity contribution is 5.61. The van der Waals surface area contributed by atoms with E-state index in [0.29, 0.717) is 11.3 Å². The van der Waals surface area contributed by atoms with Gasteiger partial charge >= 0.3 is 12.2 Å². The van der Waals surface area contributed by atoms with E-state index in [1.54, 1.807) is 18.3 Å². The average Bonchev–Trinajstić information content (AvgIpc) is 2.27. The molecule has 0 aromatic carbocycles. The Bertz CT molecular complexity index is 328. The lowest BCUT2D eigenvalue weighted by Gasteiger charge is -1.99. The van der Waals surface area contributed by atoms with Crippen molar-refractivity contribution in [2.75, 3.05) is 0 Å². The quantitative estimate of drug-likeness (QED) is 0.407. The summed E-state index contributed by atoms with van der Waals surface area (Å²) in [7, 11) is 0. The topological polar surface area (TPSA) is 180 Å². The number of pyridine rings is 1. The maximum Gasteiger partial charge on any atom is 0.402 e. The highest BCUT2D eigenvalue weighted by Crippen LogP contribution is 2.03. The fourth-order valence-electron chi connectivity index (χ4n) is 0.758. The second-order valence-corrected chi connectivity index (χ2v) is 2.60. The number of hydrogen-bond acceptors (Lipinski definition) is 5. The van der Waals surface area contributed by atoms with E-state index in [4.69, 9.17) is 30.0 Å². The summed E-state index contributed by atoms with van der Waals surface area (Å²) in [6.45, 7) is -0.180. The van der Waals surface area contributed by atoms with Gasteiger partial charge in [-0.05, 0) is 6.07 Å². The van der Waals surface area contributed by atoms with Crippen molar-refractivity contribution < 1.29 is 30.0 Å². The first-order valence-corrected chi connectivity index (χ1v) is 4.46. The molecular formula is C9H15N3O6. The van der Waals surface area contributed by atoms with Crippen molar-refractivity contribution in [2.24, 2.45) is 11.5 Å². The lowest BCUT2D eigenvalue weighted by atomic mass is 10.2. The Morgan fingerprint density at radius 1 is 1.11 bits per heavy atom. The molecule has 1 rings (SSSR count). The van der Waals surface area contributed by atoms with Crippen LogP contribution in [0.3, 0.4) is 0 Å². The Kier molecular flexibility index (Phi) is 11.1. The molecule has 0 fully saturated rings. The fraction of sp³-hybridized carbons (Fsp3) is 0.222. The zero-order valence-corrected chi connectivity index (χ0v) is 9.35. The van der Waals surface area contributed by atoms with Gasteiger partial charge in [0.1, 0.15) is 0 Å². The first kappa shape index (κ1) is 18.0. The first-order chi connectivity index (χ1) is 8.34. The van der Waals surface area contributed by atoms with Gasteiger partial charge in [0.2, 0.25) is 0 Å². The van der Waals surface area contributed by atoms with Crippen molar-refractivity contribution in [2.45, 2.75) is 13.2 Å². The molecule has 1 heterocycles. The molecule has 0 spiro atoms. The molecule has 0 saturated carbocycles. The lowest BCUT2D eigenvalue weighted by Crippen LogP contribution is -2.03. The van der Waals surface area contributed by atoms with Crippen LogP contribution >= 0.6 is 0 Å². The Labute approximate surface area is 102 Å². The average molecular weight is 261 g/mol. The van der Waals surface area contributed by atoms with E-state index >= 15 is 0 Å². The number of carboxylic acid groups (broad SMARTS) is 2. The predicted octanol–water partition coefficient (Wildman–Crippen LogP) is -0.688. The van der Waals surface area contributed by atoms with E-state index in [1.807, 2.05) is 0 Å². The van der Waals surface area contributed by atoms with Crippen molar-refractivity contribution in [1.82, 2.24) is 4.98 Å². The van der Waals surface area contributed by atoms with Crippen LogP contribution in [-0.4, -0.2) is 37.6 Å². The van der Waals surface area contributed by atoms with Gasteiger partial charge < -0.3 is 31.9 Å². The molecule has 0 aliphatic rings. The van der Waals surface area contributed by atoms with Gasteiger partial charge in [0.15, 0.2) is 0 Å². The van der Waals surface area contributed by atoms with E-state index in [9.17, 15) is 0 Å². The van der Waals surface area contributed by atoms with E-state index in [-0.39, 0.29) is 13.2 Å². The molecule has 0 aliphatic carbocycles. The third-order valence-electron chi connectivity index (χ3n) is 1.30. The molecule has 1 aromatic rings. The van der Waals surface area contributed by atoms with Crippen LogP contribution in [0, 0.1) is 0 Å². The molecule has 0 radical (unpaired) electrons. The Morgan fingerprint density at radius 2 is 1.56 bits per heavy atom. The van der Waals surface area contributed by atoms with Gasteiger partial charge in [-0.3, -0.25) is 4.98 Å². The summed E-state index contributed by atoms with van der Waals surface area (Å²) in [4.78, 5) is 21.4. The summed E-state index contributed by atoms with van der Waals surface area (Å²) >= 11 is 0. The maximum atomic E-state index is 8.78. The van der Waals surface area contributed by atoms with Crippen LogP contribution in [0.2, 0.25) is 0 Å². The summed E-state index contributed by atoms with van der Waals surface area (Å²) in [5.41, 5.74) is 9.29. The minimum Gasteiger partial charge on any atom is -0.465 e. The molecule has 0 bridgehead atoms. The van der Waals surface area contributed by atoms with Crippen molar-refractivity contribution in [3.63, 3.8) is 0 Å². The van der Waals surface area contributed by atoms with Crippen LogP contribution in [-0.2, 0) is 13.2 Å². The van der Waals surface area contributed by atoms with Gasteiger partial charge in [0.25, 0.3) is 0 Å². The molecule has 102 valence electrons. The fourth-order valence-corrected chi connectivity index (χ4v) is 0.758. The number of nitrogens with two attached hydrogens (primary N) is 2. The molecule has 18 heavy (non-hydrogen) atoms. The van der Waals surface area contributed by atoms with Crippen LogP contribution < -0.4 is 11.5 Å². The Balaban J connectivity index is 0. The zero-order chi connectivity index (χ0) is 14.6. The summed E-state index contributed by atoms with van der Waals surface area (Å²) in [6, 6.07) is 3.46.